The SMILES string of the molecule is CSc1nc(-c2ccc(F)cc2)c(-c2ccnc(NC3CCCCC3O)c2)n1C. The average Bonchev–Trinajstić information content (AvgIpc) is 3.07. The van der Waals surface area contributed by atoms with Crippen molar-refractivity contribution < 1.29 is 9.50 Å². The summed E-state index contributed by atoms with van der Waals surface area (Å²) < 4.78 is 15.5. The lowest BCUT2D eigenvalue weighted by Crippen LogP contribution is -2.36. The van der Waals surface area contributed by atoms with Crippen LogP contribution in [0.5, 0.6) is 0 Å². The summed E-state index contributed by atoms with van der Waals surface area (Å²) in [4.78, 5) is 9.24. The maximum absolute atomic E-state index is 13.4. The minimum Gasteiger partial charge on any atom is -0.391 e. The number of imidazole rings is 1. The first-order chi connectivity index (χ1) is 14.1. The molecule has 0 amide bonds. The molecule has 3 aromatic rings. The predicted molar refractivity (Wildman–Crippen MR) is 115 cm³/mol. The Kier molecular flexibility index (Phi) is 5.87. The number of halogens is 1. The van der Waals surface area contributed by atoms with Crippen molar-refractivity contribution in [1.82, 2.24) is 14.5 Å². The number of aromatic nitrogens is 3. The Labute approximate surface area is 174 Å². The first kappa shape index (κ1) is 19.9. The van der Waals surface area contributed by atoms with Gasteiger partial charge in [0, 0.05) is 24.4 Å². The normalized spacial score (nSPS) is 19.3. The van der Waals surface area contributed by atoms with E-state index in [9.17, 15) is 9.50 Å². The summed E-state index contributed by atoms with van der Waals surface area (Å²) in [5.74, 6) is 0.475. The molecule has 4 rings (SSSR count). The molecule has 1 fully saturated rings. The molecule has 2 aromatic heterocycles. The van der Waals surface area contributed by atoms with Crippen LogP contribution in [-0.4, -0.2) is 38.0 Å². The summed E-state index contributed by atoms with van der Waals surface area (Å²) in [6, 6.07) is 10.4. The number of benzene rings is 1. The van der Waals surface area contributed by atoms with Gasteiger partial charge in [0.1, 0.15) is 11.6 Å². The number of nitrogens with zero attached hydrogens (tertiary/aromatic N) is 3. The van der Waals surface area contributed by atoms with Crippen LogP contribution < -0.4 is 5.32 Å². The standard InChI is InChI=1S/C22H25FN4OS/c1-27-21(20(26-22(27)29-2)14-7-9-16(23)10-8-14)15-11-12-24-19(13-15)25-17-5-3-4-6-18(17)28/h7-13,17-18,28H,3-6H2,1-2H3,(H,24,25). The summed E-state index contributed by atoms with van der Waals surface area (Å²) in [7, 11) is 1.99. The van der Waals surface area contributed by atoms with Crippen molar-refractivity contribution in [3.8, 4) is 22.5 Å². The zero-order valence-corrected chi connectivity index (χ0v) is 17.4. The molecule has 1 saturated carbocycles. The van der Waals surface area contributed by atoms with Gasteiger partial charge in [-0.15, -0.1) is 0 Å². The minimum atomic E-state index is -0.344. The van der Waals surface area contributed by atoms with E-state index in [1.165, 1.54) is 12.1 Å². The maximum Gasteiger partial charge on any atom is 0.168 e. The smallest absolute Gasteiger partial charge is 0.168 e. The summed E-state index contributed by atoms with van der Waals surface area (Å²) in [6.45, 7) is 0. The predicted octanol–water partition coefficient (Wildman–Crippen LogP) is 4.73. The number of aliphatic hydroxyl groups is 1. The molecule has 0 bridgehead atoms. The van der Waals surface area contributed by atoms with Crippen molar-refractivity contribution in [2.75, 3.05) is 11.6 Å². The van der Waals surface area contributed by atoms with Gasteiger partial charge in [-0.1, -0.05) is 24.6 Å². The summed E-state index contributed by atoms with van der Waals surface area (Å²) in [6.07, 6.45) is 7.37. The molecule has 0 saturated heterocycles. The van der Waals surface area contributed by atoms with Crippen LogP contribution in [0.15, 0.2) is 47.8 Å². The van der Waals surface area contributed by atoms with E-state index in [1.807, 2.05) is 25.4 Å². The van der Waals surface area contributed by atoms with Crippen molar-refractivity contribution in [2.24, 2.45) is 7.05 Å². The van der Waals surface area contributed by atoms with Crippen LogP contribution in [-0.2, 0) is 7.05 Å². The van der Waals surface area contributed by atoms with Crippen LogP contribution in [0.1, 0.15) is 25.7 Å². The first-order valence-corrected chi connectivity index (χ1v) is 11.1. The summed E-state index contributed by atoms with van der Waals surface area (Å²) >= 11 is 1.57. The van der Waals surface area contributed by atoms with E-state index in [4.69, 9.17) is 4.98 Å². The second kappa shape index (κ2) is 8.55. The Morgan fingerprint density at radius 1 is 1.14 bits per heavy atom. The first-order valence-electron chi connectivity index (χ1n) is 9.84. The number of hydrogen-bond acceptors (Lipinski definition) is 5. The van der Waals surface area contributed by atoms with Crippen LogP contribution in [0.25, 0.3) is 22.5 Å². The van der Waals surface area contributed by atoms with E-state index in [2.05, 4.69) is 14.9 Å². The number of nitrogens with one attached hydrogen (secondary N) is 1. The third-order valence-electron chi connectivity index (χ3n) is 5.45. The van der Waals surface area contributed by atoms with Crippen molar-refractivity contribution in [3.63, 3.8) is 0 Å². The topological polar surface area (TPSA) is 63.0 Å². The molecular formula is C22H25FN4OS. The second-order valence-corrected chi connectivity index (χ2v) is 8.17. The van der Waals surface area contributed by atoms with Crippen molar-refractivity contribution in [3.05, 3.63) is 48.4 Å². The molecule has 0 aliphatic heterocycles. The van der Waals surface area contributed by atoms with Gasteiger partial charge in [-0.25, -0.2) is 14.4 Å². The van der Waals surface area contributed by atoms with Crippen LogP contribution in [0.3, 0.4) is 0 Å². The van der Waals surface area contributed by atoms with Gasteiger partial charge in [-0.05, 0) is 55.5 Å². The second-order valence-electron chi connectivity index (χ2n) is 7.39. The van der Waals surface area contributed by atoms with Crippen LogP contribution in [0.2, 0.25) is 0 Å². The molecule has 152 valence electrons. The fourth-order valence-electron chi connectivity index (χ4n) is 3.93. The minimum absolute atomic E-state index is 0.0244. The van der Waals surface area contributed by atoms with Gasteiger partial charge < -0.3 is 15.0 Å². The molecule has 2 N–H and O–H groups in total. The van der Waals surface area contributed by atoms with E-state index < -0.39 is 0 Å². The highest BCUT2D eigenvalue weighted by molar-refractivity contribution is 7.98. The van der Waals surface area contributed by atoms with Crippen molar-refractivity contribution >= 4 is 17.6 Å². The maximum atomic E-state index is 13.4. The van der Waals surface area contributed by atoms with Gasteiger partial charge in [0.2, 0.25) is 0 Å². The molecule has 0 radical (unpaired) electrons. The molecule has 2 unspecified atom stereocenters. The molecule has 2 heterocycles. The Morgan fingerprint density at radius 2 is 1.90 bits per heavy atom. The van der Waals surface area contributed by atoms with Crippen molar-refractivity contribution in [1.29, 1.82) is 0 Å². The van der Waals surface area contributed by atoms with Gasteiger partial charge >= 0.3 is 0 Å². The molecule has 7 heteroatoms. The Bertz CT molecular complexity index is 989. The van der Waals surface area contributed by atoms with Gasteiger partial charge in [0.05, 0.1) is 23.5 Å². The Morgan fingerprint density at radius 3 is 2.62 bits per heavy atom. The molecule has 29 heavy (non-hydrogen) atoms. The largest absolute Gasteiger partial charge is 0.391 e. The van der Waals surface area contributed by atoms with Gasteiger partial charge in [-0.2, -0.15) is 0 Å². The fraction of sp³-hybridized carbons (Fsp3) is 0.364. The Hall–Kier alpha value is -2.38. The molecule has 5 nitrogen and oxygen atoms in total. The monoisotopic (exact) mass is 412 g/mol. The van der Waals surface area contributed by atoms with E-state index in [-0.39, 0.29) is 18.0 Å². The number of thioether (sulfide) groups is 1. The lowest BCUT2D eigenvalue weighted by Gasteiger charge is -2.28. The zero-order chi connectivity index (χ0) is 20.4. The van der Waals surface area contributed by atoms with Gasteiger partial charge in [0.15, 0.2) is 5.16 Å². The Balaban J connectivity index is 1.72. The zero-order valence-electron chi connectivity index (χ0n) is 16.6. The molecular weight excluding hydrogens is 387 g/mol. The summed E-state index contributed by atoms with van der Waals surface area (Å²) in [5.41, 5.74) is 3.61. The van der Waals surface area contributed by atoms with Crippen LogP contribution in [0.4, 0.5) is 10.2 Å². The summed E-state index contributed by atoms with van der Waals surface area (Å²) in [5, 5.41) is 14.6. The third-order valence-corrected chi connectivity index (χ3v) is 6.18. The lowest BCUT2D eigenvalue weighted by molar-refractivity contribution is 0.116. The lowest BCUT2D eigenvalue weighted by atomic mass is 9.92. The highest BCUT2D eigenvalue weighted by atomic mass is 32.2. The highest BCUT2D eigenvalue weighted by Crippen LogP contribution is 2.35. The van der Waals surface area contributed by atoms with E-state index in [1.54, 1.807) is 30.1 Å². The van der Waals surface area contributed by atoms with Gasteiger partial charge in [-0.3, -0.25) is 0 Å². The highest BCUT2D eigenvalue weighted by Gasteiger charge is 2.24. The number of rotatable bonds is 5. The fourth-order valence-corrected chi connectivity index (χ4v) is 4.47. The van der Waals surface area contributed by atoms with Crippen LogP contribution in [0, 0.1) is 5.82 Å². The number of pyridine rings is 1. The molecule has 1 aromatic carbocycles. The van der Waals surface area contributed by atoms with E-state index in [0.29, 0.717) is 0 Å². The molecule has 2 atom stereocenters. The van der Waals surface area contributed by atoms with E-state index >= 15 is 0 Å². The third kappa shape index (κ3) is 4.16. The van der Waals surface area contributed by atoms with Crippen LogP contribution >= 0.6 is 11.8 Å². The van der Waals surface area contributed by atoms with E-state index in [0.717, 1.165) is 59.2 Å². The molecule has 0 spiro atoms. The van der Waals surface area contributed by atoms with Gasteiger partial charge in [0.25, 0.3) is 0 Å². The quantitative estimate of drug-likeness (QED) is 0.594. The molecule has 1 aliphatic carbocycles. The van der Waals surface area contributed by atoms with Crippen molar-refractivity contribution in [2.45, 2.75) is 43.0 Å². The molecule has 1 aliphatic rings. The number of hydrogen-bond donors (Lipinski definition) is 2. The average molecular weight is 413 g/mol. The number of anilines is 1. The number of aliphatic hydroxyl groups excluding tert-OH is 1.